The Balaban J connectivity index is 1.26. The molecule has 0 N–H and O–H groups in total. The molecule has 1 aliphatic heterocycles. The monoisotopic (exact) mass is 408 g/mol. The van der Waals surface area contributed by atoms with Crippen molar-refractivity contribution in [3.05, 3.63) is 53.9 Å². The van der Waals surface area contributed by atoms with Gasteiger partial charge in [-0.25, -0.2) is 4.98 Å². The summed E-state index contributed by atoms with van der Waals surface area (Å²) < 4.78 is 11.8. The van der Waals surface area contributed by atoms with Gasteiger partial charge < -0.3 is 18.7 Å². The molecule has 1 amide bonds. The third-order valence-electron chi connectivity index (χ3n) is 5.18. The predicted molar refractivity (Wildman–Crippen MR) is 111 cm³/mol. The van der Waals surface area contributed by atoms with Crippen molar-refractivity contribution in [1.82, 2.24) is 15.0 Å². The maximum absolute atomic E-state index is 12.8. The van der Waals surface area contributed by atoms with Crippen LogP contribution in [0.1, 0.15) is 23.0 Å². The van der Waals surface area contributed by atoms with Crippen molar-refractivity contribution in [2.24, 2.45) is 0 Å². The average molecular weight is 408 g/mol. The number of thiazole rings is 1. The highest BCUT2D eigenvalue weighted by Crippen LogP contribution is 2.30. The van der Waals surface area contributed by atoms with Crippen molar-refractivity contribution in [2.45, 2.75) is 13.3 Å². The van der Waals surface area contributed by atoms with Gasteiger partial charge in [0.25, 0.3) is 5.91 Å². The quantitative estimate of drug-likeness (QED) is 0.507. The molecule has 3 aromatic heterocycles. The van der Waals surface area contributed by atoms with Gasteiger partial charge in [0.2, 0.25) is 5.76 Å². The Bertz CT molecular complexity index is 1140. The molecule has 148 valence electrons. The fraction of sp³-hybridized carbons (Fsp3) is 0.286. The summed E-state index contributed by atoms with van der Waals surface area (Å²) in [5, 5.41) is 4.94. The number of amides is 1. The maximum Gasteiger partial charge on any atom is 0.276 e. The lowest BCUT2D eigenvalue weighted by molar-refractivity contribution is 0.0736. The molecule has 0 bridgehead atoms. The van der Waals surface area contributed by atoms with Gasteiger partial charge in [-0.3, -0.25) is 4.79 Å². The van der Waals surface area contributed by atoms with Gasteiger partial charge in [-0.1, -0.05) is 29.5 Å². The van der Waals surface area contributed by atoms with Gasteiger partial charge in [0.15, 0.2) is 16.6 Å². The Morgan fingerprint density at radius 1 is 1.14 bits per heavy atom. The highest BCUT2D eigenvalue weighted by Gasteiger charge is 2.26. The Labute approximate surface area is 171 Å². The number of piperazine rings is 1. The number of rotatable bonds is 4. The van der Waals surface area contributed by atoms with Crippen LogP contribution >= 0.6 is 11.3 Å². The standard InChI is InChI=1S/C21H20N4O3S/c1-2-14-5-6-15-19(12-14)29-21(22-15)25-9-7-24(8-10-25)20(26)16-13-18(28-23-16)17-4-3-11-27-17/h3-6,11-13H,2,7-10H2,1H3. The first-order chi connectivity index (χ1) is 14.2. The molecule has 1 aliphatic rings. The minimum atomic E-state index is -0.122. The molecule has 4 aromatic rings. The van der Waals surface area contributed by atoms with E-state index >= 15 is 0 Å². The molecule has 29 heavy (non-hydrogen) atoms. The van der Waals surface area contributed by atoms with Crippen LogP contribution < -0.4 is 4.90 Å². The molecule has 0 spiro atoms. The number of anilines is 1. The van der Waals surface area contributed by atoms with E-state index in [2.05, 4.69) is 35.2 Å². The van der Waals surface area contributed by atoms with E-state index in [-0.39, 0.29) is 5.91 Å². The third-order valence-corrected chi connectivity index (χ3v) is 6.26. The number of hydrogen-bond donors (Lipinski definition) is 0. The number of benzene rings is 1. The number of aryl methyl sites for hydroxylation is 1. The van der Waals surface area contributed by atoms with E-state index in [4.69, 9.17) is 13.9 Å². The van der Waals surface area contributed by atoms with Gasteiger partial charge in [-0.15, -0.1) is 0 Å². The Morgan fingerprint density at radius 2 is 2.00 bits per heavy atom. The molecule has 1 saturated heterocycles. The molecule has 4 heterocycles. The minimum absolute atomic E-state index is 0.122. The molecule has 0 aliphatic carbocycles. The second-order valence-corrected chi connectivity index (χ2v) is 7.99. The molecule has 0 radical (unpaired) electrons. The second-order valence-electron chi connectivity index (χ2n) is 6.99. The molecule has 0 unspecified atom stereocenters. The summed E-state index contributed by atoms with van der Waals surface area (Å²) in [6.07, 6.45) is 2.58. The first-order valence-electron chi connectivity index (χ1n) is 9.65. The van der Waals surface area contributed by atoms with Crippen LogP contribution in [0.4, 0.5) is 5.13 Å². The first-order valence-corrected chi connectivity index (χ1v) is 10.5. The molecular weight excluding hydrogens is 388 g/mol. The van der Waals surface area contributed by atoms with Gasteiger partial charge >= 0.3 is 0 Å². The van der Waals surface area contributed by atoms with Gasteiger partial charge in [0.1, 0.15) is 0 Å². The zero-order valence-electron chi connectivity index (χ0n) is 16.0. The molecule has 0 saturated carbocycles. The van der Waals surface area contributed by atoms with E-state index in [0.29, 0.717) is 30.3 Å². The van der Waals surface area contributed by atoms with E-state index in [9.17, 15) is 4.79 Å². The Hall–Kier alpha value is -3.13. The SMILES string of the molecule is CCc1ccc2nc(N3CCN(C(=O)c4cc(-c5ccco5)on4)CC3)sc2c1. The van der Waals surface area contributed by atoms with Gasteiger partial charge in [-0.05, 0) is 36.2 Å². The summed E-state index contributed by atoms with van der Waals surface area (Å²) in [5.41, 5.74) is 2.66. The normalized spacial score (nSPS) is 14.7. The van der Waals surface area contributed by atoms with Crippen LogP contribution in [0.5, 0.6) is 0 Å². The van der Waals surface area contributed by atoms with Crippen molar-refractivity contribution in [1.29, 1.82) is 0 Å². The number of carbonyl (C=O) groups excluding carboxylic acids is 1. The summed E-state index contributed by atoms with van der Waals surface area (Å²) >= 11 is 1.71. The second kappa shape index (κ2) is 7.36. The van der Waals surface area contributed by atoms with E-state index in [1.54, 1.807) is 35.8 Å². The van der Waals surface area contributed by atoms with Crippen LogP contribution in [0, 0.1) is 0 Å². The van der Waals surface area contributed by atoms with E-state index in [1.807, 2.05) is 4.90 Å². The highest BCUT2D eigenvalue weighted by molar-refractivity contribution is 7.22. The first kappa shape index (κ1) is 17.9. The van der Waals surface area contributed by atoms with E-state index < -0.39 is 0 Å². The summed E-state index contributed by atoms with van der Waals surface area (Å²) in [4.78, 5) is 21.6. The van der Waals surface area contributed by atoms with Crippen LogP contribution in [0.2, 0.25) is 0 Å². The predicted octanol–water partition coefficient (Wildman–Crippen LogP) is 4.07. The number of carbonyl (C=O) groups is 1. The van der Waals surface area contributed by atoms with Crippen LogP contribution in [0.15, 0.2) is 51.6 Å². The molecule has 5 rings (SSSR count). The number of aromatic nitrogens is 2. The zero-order chi connectivity index (χ0) is 19.8. The van der Waals surface area contributed by atoms with Crippen molar-refractivity contribution < 1.29 is 13.7 Å². The molecule has 1 fully saturated rings. The van der Waals surface area contributed by atoms with Crippen molar-refractivity contribution >= 4 is 32.6 Å². The third kappa shape index (κ3) is 3.40. The van der Waals surface area contributed by atoms with Gasteiger partial charge in [0, 0.05) is 32.2 Å². The van der Waals surface area contributed by atoms with E-state index in [1.165, 1.54) is 10.3 Å². The number of fused-ring (bicyclic) bond motifs is 1. The highest BCUT2D eigenvalue weighted by atomic mass is 32.1. The fourth-order valence-electron chi connectivity index (χ4n) is 3.49. The van der Waals surface area contributed by atoms with E-state index in [0.717, 1.165) is 30.2 Å². The van der Waals surface area contributed by atoms with Crippen molar-refractivity contribution in [3.8, 4) is 11.5 Å². The number of nitrogens with zero attached hydrogens (tertiary/aromatic N) is 4. The van der Waals surface area contributed by atoms with Crippen LogP contribution in [-0.2, 0) is 6.42 Å². The fourth-order valence-corrected chi connectivity index (χ4v) is 4.57. The number of hydrogen-bond acceptors (Lipinski definition) is 7. The minimum Gasteiger partial charge on any atom is -0.461 e. The summed E-state index contributed by atoms with van der Waals surface area (Å²) in [7, 11) is 0. The van der Waals surface area contributed by atoms with Crippen LogP contribution in [-0.4, -0.2) is 47.1 Å². The summed E-state index contributed by atoms with van der Waals surface area (Å²) in [5.74, 6) is 0.893. The Kier molecular flexibility index (Phi) is 4.55. The smallest absolute Gasteiger partial charge is 0.276 e. The van der Waals surface area contributed by atoms with Crippen LogP contribution in [0.25, 0.3) is 21.7 Å². The van der Waals surface area contributed by atoms with Crippen molar-refractivity contribution in [2.75, 3.05) is 31.1 Å². The number of furan rings is 1. The average Bonchev–Trinajstić information content (AvgIpc) is 3.52. The van der Waals surface area contributed by atoms with Crippen LogP contribution in [0.3, 0.4) is 0 Å². The zero-order valence-corrected chi connectivity index (χ0v) is 16.8. The lowest BCUT2D eigenvalue weighted by Crippen LogP contribution is -2.48. The molecule has 1 aromatic carbocycles. The topological polar surface area (TPSA) is 75.6 Å². The largest absolute Gasteiger partial charge is 0.461 e. The summed E-state index contributed by atoms with van der Waals surface area (Å²) in [6.45, 7) is 4.89. The molecular formula is C21H20N4O3S. The summed E-state index contributed by atoms with van der Waals surface area (Å²) in [6, 6.07) is 11.6. The van der Waals surface area contributed by atoms with Crippen molar-refractivity contribution in [3.63, 3.8) is 0 Å². The lowest BCUT2D eigenvalue weighted by atomic mass is 10.2. The molecule has 8 heteroatoms. The molecule has 7 nitrogen and oxygen atoms in total. The lowest BCUT2D eigenvalue weighted by Gasteiger charge is -2.34. The molecule has 0 atom stereocenters. The Morgan fingerprint density at radius 3 is 2.76 bits per heavy atom. The van der Waals surface area contributed by atoms with Gasteiger partial charge in [0.05, 0.1) is 16.5 Å². The van der Waals surface area contributed by atoms with Gasteiger partial charge in [-0.2, -0.15) is 0 Å². The maximum atomic E-state index is 12.8.